The second-order valence-corrected chi connectivity index (χ2v) is 3.62. The van der Waals surface area contributed by atoms with Crippen LogP contribution in [0.5, 0.6) is 0 Å². The molecule has 1 fully saturated rings. The lowest BCUT2D eigenvalue weighted by atomic mass is 9.89. The number of benzene rings is 1. The van der Waals surface area contributed by atoms with Crippen molar-refractivity contribution in [2.75, 3.05) is 13.1 Å². The number of carboxylic acids is 1. The van der Waals surface area contributed by atoms with Crippen molar-refractivity contribution in [2.24, 2.45) is 5.92 Å². The minimum Gasteiger partial charge on any atom is -0.481 e. The lowest BCUT2D eigenvalue weighted by Gasteiger charge is -2.14. The summed E-state index contributed by atoms with van der Waals surface area (Å²) in [5.41, 5.74) is 1.12. The molecule has 74 valence electrons. The van der Waals surface area contributed by atoms with Crippen LogP contribution in [0, 0.1) is 5.92 Å². The molecule has 0 spiro atoms. The van der Waals surface area contributed by atoms with Crippen molar-refractivity contribution in [1.29, 1.82) is 0 Å². The second kappa shape index (κ2) is 3.80. The van der Waals surface area contributed by atoms with E-state index in [1.54, 1.807) is 0 Å². The van der Waals surface area contributed by atoms with Crippen LogP contribution in [-0.2, 0) is 4.79 Å². The highest BCUT2D eigenvalue weighted by Crippen LogP contribution is 2.27. The Kier molecular flexibility index (Phi) is 2.50. The molecular formula is C11H13NO2. The van der Waals surface area contributed by atoms with Gasteiger partial charge in [0.05, 0.1) is 5.92 Å². The predicted octanol–water partition coefficient (Wildman–Crippen LogP) is 1.07. The van der Waals surface area contributed by atoms with E-state index in [1.807, 2.05) is 30.3 Å². The molecule has 0 aliphatic carbocycles. The van der Waals surface area contributed by atoms with Crippen molar-refractivity contribution >= 4 is 5.97 Å². The average molecular weight is 191 g/mol. The van der Waals surface area contributed by atoms with Gasteiger partial charge in [-0.3, -0.25) is 4.79 Å². The van der Waals surface area contributed by atoms with Gasteiger partial charge in [-0.2, -0.15) is 0 Å². The van der Waals surface area contributed by atoms with Crippen LogP contribution in [0.1, 0.15) is 11.5 Å². The highest BCUT2D eigenvalue weighted by molar-refractivity contribution is 5.72. The van der Waals surface area contributed by atoms with Crippen LogP contribution < -0.4 is 5.32 Å². The third kappa shape index (κ3) is 1.63. The Hall–Kier alpha value is -1.35. The monoisotopic (exact) mass is 191 g/mol. The zero-order valence-electron chi connectivity index (χ0n) is 7.81. The van der Waals surface area contributed by atoms with E-state index in [0.29, 0.717) is 6.54 Å². The summed E-state index contributed by atoms with van der Waals surface area (Å²) in [5.74, 6) is -0.866. The van der Waals surface area contributed by atoms with E-state index in [1.165, 1.54) is 0 Å². The van der Waals surface area contributed by atoms with Gasteiger partial charge >= 0.3 is 5.97 Å². The summed E-state index contributed by atoms with van der Waals surface area (Å²) in [5, 5.41) is 12.1. The number of carbonyl (C=O) groups is 1. The largest absolute Gasteiger partial charge is 0.481 e. The molecule has 0 bridgehead atoms. The molecule has 1 aromatic carbocycles. The summed E-state index contributed by atoms with van der Waals surface area (Å²) in [6.07, 6.45) is 0. The molecule has 1 saturated heterocycles. The first kappa shape index (κ1) is 9.21. The van der Waals surface area contributed by atoms with Crippen molar-refractivity contribution in [1.82, 2.24) is 5.32 Å². The Morgan fingerprint density at radius 3 is 2.64 bits per heavy atom. The SMILES string of the molecule is O=C(O)[C@H]1CNC[C@H]1c1ccccc1. The molecule has 14 heavy (non-hydrogen) atoms. The van der Waals surface area contributed by atoms with E-state index in [4.69, 9.17) is 5.11 Å². The van der Waals surface area contributed by atoms with Crippen LogP contribution in [0.2, 0.25) is 0 Å². The lowest BCUT2D eigenvalue weighted by molar-refractivity contribution is -0.141. The molecule has 0 radical (unpaired) electrons. The van der Waals surface area contributed by atoms with Crippen LogP contribution >= 0.6 is 0 Å². The minimum atomic E-state index is -0.705. The van der Waals surface area contributed by atoms with Crippen LogP contribution in [0.15, 0.2) is 30.3 Å². The van der Waals surface area contributed by atoms with Crippen molar-refractivity contribution in [3.8, 4) is 0 Å². The highest BCUT2D eigenvalue weighted by atomic mass is 16.4. The molecule has 0 aromatic heterocycles. The van der Waals surface area contributed by atoms with E-state index < -0.39 is 5.97 Å². The van der Waals surface area contributed by atoms with Gasteiger partial charge in [-0.25, -0.2) is 0 Å². The Morgan fingerprint density at radius 1 is 1.29 bits per heavy atom. The molecule has 1 aliphatic heterocycles. The van der Waals surface area contributed by atoms with Gasteiger partial charge < -0.3 is 10.4 Å². The Morgan fingerprint density at radius 2 is 2.00 bits per heavy atom. The Labute approximate surface area is 82.8 Å². The first-order valence-electron chi connectivity index (χ1n) is 4.77. The van der Waals surface area contributed by atoms with Gasteiger partial charge in [0, 0.05) is 19.0 Å². The normalized spacial score (nSPS) is 26.3. The smallest absolute Gasteiger partial charge is 0.308 e. The summed E-state index contributed by atoms with van der Waals surface area (Å²) in [6.45, 7) is 1.34. The van der Waals surface area contributed by atoms with Gasteiger partial charge in [-0.1, -0.05) is 30.3 Å². The molecule has 2 atom stereocenters. The van der Waals surface area contributed by atoms with E-state index in [9.17, 15) is 4.79 Å². The number of carboxylic acid groups (broad SMARTS) is 1. The summed E-state index contributed by atoms with van der Waals surface area (Å²) in [4.78, 5) is 10.9. The maximum Gasteiger partial charge on any atom is 0.308 e. The fraction of sp³-hybridized carbons (Fsp3) is 0.364. The first-order chi connectivity index (χ1) is 6.79. The van der Waals surface area contributed by atoms with Crippen LogP contribution in [0.4, 0.5) is 0 Å². The maximum absolute atomic E-state index is 10.9. The van der Waals surface area contributed by atoms with Gasteiger partial charge in [0.15, 0.2) is 0 Å². The molecule has 3 heteroatoms. The van der Waals surface area contributed by atoms with Gasteiger partial charge in [0.1, 0.15) is 0 Å². The molecule has 1 aromatic rings. The van der Waals surface area contributed by atoms with Crippen molar-refractivity contribution in [3.63, 3.8) is 0 Å². The van der Waals surface area contributed by atoms with Gasteiger partial charge in [-0.15, -0.1) is 0 Å². The maximum atomic E-state index is 10.9. The molecule has 2 N–H and O–H groups in total. The number of aliphatic carboxylic acids is 1. The number of hydrogen-bond acceptors (Lipinski definition) is 2. The molecule has 0 unspecified atom stereocenters. The standard InChI is InChI=1S/C11H13NO2/c13-11(14)10-7-12-6-9(10)8-4-2-1-3-5-8/h1-5,9-10,12H,6-7H2,(H,13,14)/t9-,10-/m0/s1. The van der Waals surface area contributed by atoms with E-state index >= 15 is 0 Å². The van der Waals surface area contributed by atoms with E-state index in [0.717, 1.165) is 12.1 Å². The van der Waals surface area contributed by atoms with Crippen LogP contribution in [0.3, 0.4) is 0 Å². The van der Waals surface area contributed by atoms with Crippen molar-refractivity contribution < 1.29 is 9.90 Å². The van der Waals surface area contributed by atoms with E-state index in [2.05, 4.69) is 5.32 Å². The third-order valence-electron chi connectivity index (χ3n) is 2.76. The fourth-order valence-electron chi connectivity index (χ4n) is 1.99. The minimum absolute atomic E-state index is 0.119. The van der Waals surface area contributed by atoms with Crippen LogP contribution in [-0.4, -0.2) is 24.2 Å². The molecule has 1 aliphatic rings. The van der Waals surface area contributed by atoms with Gasteiger partial charge in [0.2, 0.25) is 0 Å². The zero-order chi connectivity index (χ0) is 9.97. The van der Waals surface area contributed by atoms with Crippen molar-refractivity contribution in [3.05, 3.63) is 35.9 Å². The Bertz CT molecular complexity index is 323. The predicted molar refractivity (Wildman–Crippen MR) is 53.2 cm³/mol. The molecule has 2 rings (SSSR count). The number of hydrogen-bond donors (Lipinski definition) is 2. The topological polar surface area (TPSA) is 49.3 Å². The summed E-state index contributed by atoms with van der Waals surface area (Å²) in [7, 11) is 0. The summed E-state index contributed by atoms with van der Waals surface area (Å²) < 4.78 is 0. The third-order valence-corrected chi connectivity index (χ3v) is 2.76. The average Bonchev–Trinajstić information content (AvgIpc) is 2.67. The molecule has 0 saturated carbocycles. The van der Waals surface area contributed by atoms with Gasteiger partial charge in [-0.05, 0) is 5.56 Å². The van der Waals surface area contributed by atoms with E-state index in [-0.39, 0.29) is 11.8 Å². The highest BCUT2D eigenvalue weighted by Gasteiger charge is 2.33. The number of nitrogens with one attached hydrogen (secondary N) is 1. The zero-order valence-corrected chi connectivity index (χ0v) is 7.81. The second-order valence-electron chi connectivity index (χ2n) is 3.62. The fourth-order valence-corrected chi connectivity index (χ4v) is 1.99. The molecule has 1 heterocycles. The lowest BCUT2D eigenvalue weighted by Crippen LogP contribution is -2.20. The van der Waals surface area contributed by atoms with Crippen LogP contribution in [0.25, 0.3) is 0 Å². The first-order valence-corrected chi connectivity index (χ1v) is 4.77. The molecule has 0 amide bonds. The summed E-state index contributed by atoms with van der Waals surface area (Å²) in [6, 6.07) is 9.84. The molecule has 3 nitrogen and oxygen atoms in total. The quantitative estimate of drug-likeness (QED) is 0.735. The van der Waals surface area contributed by atoms with Crippen molar-refractivity contribution in [2.45, 2.75) is 5.92 Å². The Balaban J connectivity index is 2.22. The summed E-state index contributed by atoms with van der Waals surface area (Å²) >= 11 is 0. The number of rotatable bonds is 2. The molecular weight excluding hydrogens is 178 g/mol. The van der Waals surface area contributed by atoms with Gasteiger partial charge in [0.25, 0.3) is 0 Å².